The van der Waals surface area contributed by atoms with Gasteiger partial charge in [-0.05, 0) is 101 Å². The fourth-order valence-electron chi connectivity index (χ4n) is 7.13. The van der Waals surface area contributed by atoms with Crippen LogP contribution in [0.15, 0.2) is 127 Å². The summed E-state index contributed by atoms with van der Waals surface area (Å²) in [5.41, 5.74) is 16.2. The average Bonchev–Trinajstić information content (AvgIpc) is 3.69. The van der Waals surface area contributed by atoms with Gasteiger partial charge in [0.25, 0.3) is 0 Å². The smallest absolute Gasteiger partial charge is 0.000116 e. The van der Waals surface area contributed by atoms with Gasteiger partial charge in [0.2, 0.25) is 0 Å². The molecule has 3 aliphatic rings. The van der Waals surface area contributed by atoms with Crippen LogP contribution in [0.2, 0.25) is 0 Å². The maximum atomic E-state index is 2.41. The molecule has 0 radical (unpaired) electrons. The van der Waals surface area contributed by atoms with E-state index in [0.29, 0.717) is 0 Å². The van der Waals surface area contributed by atoms with Crippen molar-refractivity contribution in [3.8, 4) is 0 Å². The molecular formula is C39H24. The van der Waals surface area contributed by atoms with E-state index in [1.54, 1.807) is 0 Å². The van der Waals surface area contributed by atoms with Gasteiger partial charge in [0.15, 0.2) is 0 Å². The van der Waals surface area contributed by atoms with Gasteiger partial charge in [-0.3, -0.25) is 0 Å². The highest BCUT2D eigenvalue weighted by atomic mass is 14.4. The summed E-state index contributed by atoms with van der Waals surface area (Å²) in [6.45, 7) is 0. The first-order valence-electron chi connectivity index (χ1n) is 13.8. The summed E-state index contributed by atoms with van der Waals surface area (Å²) in [4.78, 5) is 0. The fourth-order valence-corrected chi connectivity index (χ4v) is 7.13. The molecule has 6 aromatic carbocycles. The Morgan fingerprint density at radius 2 is 1.08 bits per heavy atom. The second-order valence-electron chi connectivity index (χ2n) is 10.8. The first kappa shape index (κ1) is 21.0. The van der Waals surface area contributed by atoms with E-state index >= 15 is 0 Å². The Bertz CT molecular complexity index is 2120. The van der Waals surface area contributed by atoms with Gasteiger partial charge in [-0.25, -0.2) is 0 Å². The molecule has 0 nitrogen and oxygen atoms in total. The van der Waals surface area contributed by atoms with E-state index in [-0.39, 0.29) is 0 Å². The highest BCUT2D eigenvalue weighted by Crippen LogP contribution is 2.60. The van der Waals surface area contributed by atoms with Crippen molar-refractivity contribution >= 4 is 49.9 Å². The van der Waals surface area contributed by atoms with E-state index in [1.165, 1.54) is 88.3 Å². The summed E-state index contributed by atoms with van der Waals surface area (Å²) in [5, 5.41) is 5.22. The summed E-state index contributed by atoms with van der Waals surface area (Å²) in [5.74, 6) is 0. The summed E-state index contributed by atoms with van der Waals surface area (Å²) in [6.07, 6.45) is 5.58. The van der Waals surface area contributed by atoms with Crippen molar-refractivity contribution in [1.82, 2.24) is 0 Å². The molecule has 0 heterocycles. The molecule has 0 fully saturated rings. The van der Waals surface area contributed by atoms with Crippen molar-refractivity contribution in [3.63, 3.8) is 0 Å². The number of allylic oxidation sites excluding steroid dienone is 3. The molecule has 0 aromatic heterocycles. The molecule has 0 bridgehead atoms. The molecule has 0 atom stereocenters. The summed E-state index contributed by atoms with van der Waals surface area (Å²) < 4.78 is 0. The summed E-state index contributed by atoms with van der Waals surface area (Å²) >= 11 is 0. The Labute approximate surface area is 227 Å². The number of rotatable bonds is 2. The topological polar surface area (TPSA) is 0 Å². The van der Waals surface area contributed by atoms with Crippen LogP contribution in [-0.2, 0) is 6.42 Å². The Kier molecular flexibility index (Phi) is 4.20. The van der Waals surface area contributed by atoms with Crippen LogP contribution in [0.1, 0.15) is 44.5 Å². The zero-order chi connectivity index (χ0) is 25.5. The molecule has 0 saturated heterocycles. The zero-order valence-corrected chi connectivity index (χ0v) is 21.4. The molecule has 180 valence electrons. The molecule has 0 amide bonds. The van der Waals surface area contributed by atoms with E-state index in [0.717, 1.165) is 6.42 Å². The van der Waals surface area contributed by atoms with Crippen LogP contribution in [0.3, 0.4) is 0 Å². The number of hydrogen-bond donors (Lipinski definition) is 0. The second-order valence-corrected chi connectivity index (χ2v) is 10.8. The summed E-state index contributed by atoms with van der Waals surface area (Å²) in [6, 6.07) is 45.1. The Balaban J connectivity index is 1.50. The van der Waals surface area contributed by atoms with Crippen molar-refractivity contribution in [1.29, 1.82) is 0 Å². The van der Waals surface area contributed by atoms with E-state index in [1.807, 2.05) is 0 Å². The van der Waals surface area contributed by atoms with Crippen molar-refractivity contribution < 1.29 is 0 Å². The monoisotopic (exact) mass is 492 g/mol. The first-order chi connectivity index (χ1) is 19.4. The summed E-state index contributed by atoms with van der Waals surface area (Å²) in [7, 11) is 0. The maximum absolute atomic E-state index is 2.41. The lowest BCUT2D eigenvalue weighted by molar-refractivity contribution is 1.31. The minimum atomic E-state index is 1.03. The lowest BCUT2D eigenvalue weighted by Gasteiger charge is -2.15. The van der Waals surface area contributed by atoms with Gasteiger partial charge in [0.1, 0.15) is 0 Å². The van der Waals surface area contributed by atoms with Crippen LogP contribution in [0.5, 0.6) is 0 Å². The molecular weight excluding hydrogens is 468 g/mol. The van der Waals surface area contributed by atoms with Gasteiger partial charge < -0.3 is 0 Å². The van der Waals surface area contributed by atoms with Gasteiger partial charge >= 0.3 is 0 Å². The minimum absolute atomic E-state index is 1.03. The zero-order valence-electron chi connectivity index (χ0n) is 21.4. The standard InChI is InChI=1S/C39H24/c1-2-11-27(12-3-1)35-36-30-15-6-4-9-25(30)20-22-33(36)38-34(29-18-17-24-13-8-14-28(24)23-29)32-21-19-26-10-5-7-16-31(26)37(32)39(35)38/h1-12,14-23H,13H2. The lowest BCUT2D eigenvalue weighted by atomic mass is 9.87. The van der Waals surface area contributed by atoms with E-state index in [4.69, 9.17) is 0 Å². The fraction of sp³-hybridized carbons (Fsp3) is 0.0256. The molecule has 6 aromatic rings. The largest absolute Gasteiger partial charge is 0.0795 e. The molecule has 39 heavy (non-hydrogen) atoms. The Morgan fingerprint density at radius 1 is 0.436 bits per heavy atom. The lowest BCUT2D eigenvalue weighted by Crippen LogP contribution is -1.95. The molecule has 0 aliphatic heterocycles. The van der Waals surface area contributed by atoms with Crippen LogP contribution in [0, 0.1) is 0 Å². The third-order valence-electron chi connectivity index (χ3n) is 8.78. The van der Waals surface area contributed by atoms with Crippen LogP contribution in [0.25, 0.3) is 49.9 Å². The normalized spacial score (nSPS) is 14.8. The molecule has 9 rings (SSSR count). The highest BCUT2D eigenvalue weighted by Gasteiger charge is 2.39. The number of fused-ring (bicyclic) bond motifs is 10. The molecule has 0 unspecified atom stereocenters. The SMILES string of the molecule is C1=Cc2cc(C3=C4C(=C(c5ccccc5)c5c4ccc4ccccc54)c4c3ccc3ccccc43)ccc2C1. The predicted octanol–water partition coefficient (Wildman–Crippen LogP) is 9.81. The molecule has 0 saturated carbocycles. The molecule has 3 aliphatic carbocycles. The number of benzene rings is 6. The average molecular weight is 493 g/mol. The van der Waals surface area contributed by atoms with E-state index in [9.17, 15) is 0 Å². The second kappa shape index (κ2) is 7.79. The van der Waals surface area contributed by atoms with Crippen LogP contribution in [0.4, 0.5) is 0 Å². The number of hydrogen-bond acceptors (Lipinski definition) is 0. The van der Waals surface area contributed by atoms with Crippen molar-refractivity contribution in [2.75, 3.05) is 0 Å². The van der Waals surface area contributed by atoms with Gasteiger partial charge in [0.05, 0.1) is 0 Å². The highest BCUT2D eigenvalue weighted by molar-refractivity contribution is 6.39. The molecule has 0 spiro atoms. The third kappa shape index (κ3) is 2.84. The minimum Gasteiger partial charge on any atom is -0.0795 e. The van der Waals surface area contributed by atoms with Crippen LogP contribution < -0.4 is 0 Å². The maximum Gasteiger partial charge on any atom is -0.000116 e. The van der Waals surface area contributed by atoms with Gasteiger partial charge in [-0.15, -0.1) is 0 Å². The Hall–Kier alpha value is -4.94. The van der Waals surface area contributed by atoms with Gasteiger partial charge in [-0.1, -0.05) is 127 Å². The third-order valence-corrected chi connectivity index (χ3v) is 8.78. The van der Waals surface area contributed by atoms with Crippen molar-refractivity contribution in [2.24, 2.45) is 0 Å². The first-order valence-corrected chi connectivity index (χ1v) is 13.8. The van der Waals surface area contributed by atoms with Crippen LogP contribution >= 0.6 is 0 Å². The molecule has 0 N–H and O–H groups in total. The molecule has 0 heteroatoms. The Morgan fingerprint density at radius 3 is 1.82 bits per heavy atom. The van der Waals surface area contributed by atoms with Crippen molar-refractivity contribution in [3.05, 3.63) is 172 Å². The quantitative estimate of drug-likeness (QED) is 0.226. The van der Waals surface area contributed by atoms with Crippen molar-refractivity contribution in [2.45, 2.75) is 6.42 Å². The van der Waals surface area contributed by atoms with Crippen LogP contribution in [-0.4, -0.2) is 0 Å². The van der Waals surface area contributed by atoms with E-state index in [2.05, 4.69) is 133 Å². The predicted molar refractivity (Wildman–Crippen MR) is 165 cm³/mol. The van der Waals surface area contributed by atoms with E-state index < -0.39 is 0 Å². The van der Waals surface area contributed by atoms with Gasteiger partial charge in [0, 0.05) is 0 Å². The van der Waals surface area contributed by atoms with Gasteiger partial charge in [-0.2, -0.15) is 0 Å².